The highest BCUT2D eigenvalue weighted by Crippen LogP contribution is 2.33. The van der Waals surface area contributed by atoms with Crippen molar-refractivity contribution in [3.63, 3.8) is 0 Å². The largest absolute Gasteiger partial charge is 0.378 e. The van der Waals surface area contributed by atoms with Gasteiger partial charge >= 0.3 is 0 Å². The van der Waals surface area contributed by atoms with E-state index in [-0.39, 0.29) is 45.2 Å². The summed E-state index contributed by atoms with van der Waals surface area (Å²) in [5, 5.41) is 14.4. The zero-order chi connectivity index (χ0) is 45.2. The van der Waals surface area contributed by atoms with E-state index >= 15 is 0 Å². The molecule has 0 aliphatic carbocycles. The minimum Gasteiger partial charge on any atom is -0.378 e. The Kier molecular flexibility index (Phi) is 15.3. The Balaban J connectivity index is 0.750. The SMILES string of the molecule is CC(C)S(=O)(=O)c1ccccc1Nc1nc(Nc2ccc(N3CCN(CCOCCOCCNC(=O)CNc4cccc5c4C(=O)N(C4CCCNC4=O)C5=O)CC3)cc2)ncc1Cl. The first-order valence-electron chi connectivity index (χ1n) is 21.3. The van der Waals surface area contributed by atoms with Gasteiger partial charge in [0.1, 0.15) is 11.1 Å². The van der Waals surface area contributed by atoms with Gasteiger partial charge < -0.3 is 41.0 Å². The molecule has 3 aliphatic heterocycles. The Morgan fingerprint density at radius 3 is 2.38 bits per heavy atom. The molecule has 0 radical (unpaired) electrons. The summed E-state index contributed by atoms with van der Waals surface area (Å²) in [6, 6.07) is 18.6. The lowest BCUT2D eigenvalue weighted by molar-refractivity contribution is -0.126. The Morgan fingerprint density at radius 1 is 0.891 bits per heavy atom. The van der Waals surface area contributed by atoms with Crippen LogP contribution in [0.4, 0.5) is 34.5 Å². The summed E-state index contributed by atoms with van der Waals surface area (Å²) < 4.78 is 37.3. The van der Waals surface area contributed by atoms with Gasteiger partial charge in [-0.05, 0) is 75.2 Å². The van der Waals surface area contributed by atoms with E-state index in [4.69, 9.17) is 21.1 Å². The van der Waals surface area contributed by atoms with Crippen molar-refractivity contribution in [3.8, 4) is 0 Å². The van der Waals surface area contributed by atoms with Gasteiger partial charge in [-0.1, -0.05) is 29.8 Å². The standard InChI is InChI=1S/C44H53ClN10O8S/c1-29(2)64(60,61)37-11-4-3-8-34(37)51-40-33(45)27-49-44(52-40)50-30-12-14-31(15-13-30)54-20-18-53(19-21-54)22-24-63-26-25-62-23-17-46-38(56)28-48-35-9-5-7-32-39(35)43(59)55(42(32)58)36-10-6-16-47-41(36)57/h3-5,7-9,11-15,27,29,36,48H,6,10,16-26,28H2,1-2H3,(H,46,56)(H,47,57)(H2,49,50,51,52). The first-order chi connectivity index (χ1) is 30.9. The molecule has 340 valence electrons. The van der Waals surface area contributed by atoms with Crippen molar-refractivity contribution in [2.24, 2.45) is 0 Å². The second kappa shape index (κ2) is 21.2. The number of benzene rings is 3. The third-order valence-corrected chi connectivity index (χ3v) is 13.6. The van der Waals surface area contributed by atoms with E-state index in [0.717, 1.165) is 49.0 Å². The number of piperazine rings is 1. The molecule has 4 amide bonds. The number of halogens is 1. The lowest BCUT2D eigenvalue weighted by Gasteiger charge is -2.36. The number of ether oxygens (including phenoxy) is 2. The number of hydrogen-bond donors (Lipinski definition) is 5. The summed E-state index contributed by atoms with van der Waals surface area (Å²) in [6.07, 6.45) is 2.55. The van der Waals surface area contributed by atoms with Crippen LogP contribution in [0.3, 0.4) is 0 Å². The Morgan fingerprint density at radius 2 is 1.62 bits per heavy atom. The minimum atomic E-state index is -3.55. The summed E-state index contributed by atoms with van der Waals surface area (Å²) in [5.41, 5.74) is 3.00. The lowest BCUT2D eigenvalue weighted by Crippen LogP contribution is -2.52. The molecule has 3 aliphatic rings. The molecule has 7 rings (SSSR count). The highest BCUT2D eigenvalue weighted by molar-refractivity contribution is 7.92. The molecule has 1 aromatic heterocycles. The maximum Gasteiger partial charge on any atom is 0.264 e. The first kappa shape index (κ1) is 46.1. The topological polar surface area (TPSA) is 217 Å². The lowest BCUT2D eigenvalue weighted by atomic mass is 10.1. The molecule has 64 heavy (non-hydrogen) atoms. The van der Waals surface area contributed by atoms with Gasteiger partial charge in [0.15, 0.2) is 15.7 Å². The number of amides is 4. The summed E-state index contributed by atoms with van der Waals surface area (Å²) >= 11 is 6.40. The van der Waals surface area contributed by atoms with Gasteiger partial charge in [0.05, 0.1) is 66.1 Å². The minimum absolute atomic E-state index is 0.112. The van der Waals surface area contributed by atoms with Gasteiger partial charge in [-0.15, -0.1) is 0 Å². The van der Waals surface area contributed by atoms with Gasteiger partial charge in [0, 0.05) is 62.9 Å². The van der Waals surface area contributed by atoms with Crippen molar-refractivity contribution in [3.05, 3.63) is 89.1 Å². The number of piperidine rings is 1. The number of anilines is 6. The number of aromatic nitrogens is 2. The van der Waals surface area contributed by atoms with Crippen LogP contribution in [0.1, 0.15) is 47.4 Å². The second-order valence-corrected chi connectivity index (χ2v) is 18.6. The van der Waals surface area contributed by atoms with Crippen molar-refractivity contribution in [1.29, 1.82) is 0 Å². The number of fused-ring (bicyclic) bond motifs is 1. The monoisotopic (exact) mass is 916 g/mol. The van der Waals surface area contributed by atoms with Crippen LogP contribution < -0.4 is 31.5 Å². The highest BCUT2D eigenvalue weighted by Gasteiger charge is 2.44. The van der Waals surface area contributed by atoms with Crippen molar-refractivity contribution in [2.75, 3.05) is 99.6 Å². The smallest absolute Gasteiger partial charge is 0.264 e. The summed E-state index contributed by atoms with van der Waals surface area (Å²) in [6.45, 7) is 9.98. The zero-order valence-electron chi connectivity index (χ0n) is 35.8. The van der Waals surface area contributed by atoms with Crippen LogP contribution >= 0.6 is 11.6 Å². The zero-order valence-corrected chi connectivity index (χ0v) is 37.3. The number of carbonyl (C=O) groups is 4. The molecular formula is C44H53ClN10O8S. The van der Waals surface area contributed by atoms with Crippen LogP contribution in [-0.4, -0.2) is 142 Å². The van der Waals surface area contributed by atoms with Gasteiger partial charge in [0.25, 0.3) is 11.8 Å². The number of para-hydroxylation sites is 1. The van der Waals surface area contributed by atoms with E-state index in [0.29, 0.717) is 69.7 Å². The Bertz CT molecular complexity index is 2430. The van der Waals surface area contributed by atoms with Gasteiger partial charge in [0.2, 0.25) is 17.8 Å². The van der Waals surface area contributed by atoms with Gasteiger partial charge in [-0.3, -0.25) is 29.0 Å². The van der Waals surface area contributed by atoms with Crippen LogP contribution in [-0.2, 0) is 28.9 Å². The third kappa shape index (κ3) is 11.1. The van der Waals surface area contributed by atoms with Crippen LogP contribution in [0.5, 0.6) is 0 Å². The quantitative estimate of drug-likeness (QED) is 0.0625. The molecule has 2 fully saturated rings. The number of hydrogen-bond acceptors (Lipinski definition) is 15. The maximum atomic E-state index is 13.3. The summed E-state index contributed by atoms with van der Waals surface area (Å²) in [5.74, 6) is -1.11. The van der Waals surface area contributed by atoms with Crippen molar-refractivity contribution in [2.45, 2.75) is 42.9 Å². The first-order valence-corrected chi connectivity index (χ1v) is 23.2. The second-order valence-electron chi connectivity index (χ2n) is 15.7. The number of nitrogens with zero attached hydrogens (tertiary/aromatic N) is 5. The molecule has 1 atom stereocenters. The van der Waals surface area contributed by atoms with Crippen molar-refractivity contribution < 1.29 is 37.1 Å². The van der Waals surface area contributed by atoms with Crippen LogP contribution in [0.2, 0.25) is 5.02 Å². The molecule has 20 heteroatoms. The predicted octanol–water partition coefficient (Wildman–Crippen LogP) is 4.06. The van der Waals surface area contributed by atoms with Crippen molar-refractivity contribution in [1.82, 2.24) is 30.4 Å². The molecule has 18 nitrogen and oxygen atoms in total. The van der Waals surface area contributed by atoms with Crippen molar-refractivity contribution >= 4 is 79.6 Å². The number of sulfone groups is 1. The fourth-order valence-corrected chi connectivity index (χ4v) is 8.92. The number of carbonyl (C=O) groups excluding carboxylic acids is 4. The molecule has 0 bridgehead atoms. The van der Waals surface area contributed by atoms with Gasteiger partial charge in [-0.25, -0.2) is 13.4 Å². The van der Waals surface area contributed by atoms with Crippen LogP contribution in [0, 0.1) is 0 Å². The fourth-order valence-electron chi connectivity index (χ4n) is 7.58. The number of rotatable bonds is 20. The highest BCUT2D eigenvalue weighted by atomic mass is 35.5. The molecule has 5 N–H and O–H groups in total. The predicted molar refractivity (Wildman–Crippen MR) is 244 cm³/mol. The molecule has 2 saturated heterocycles. The summed E-state index contributed by atoms with van der Waals surface area (Å²) in [7, 11) is -3.55. The average Bonchev–Trinajstić information content (AvgIpc) is 3.55. The average molecular weight is 917 g/mol. The third-order valence-electron chi connectivity index (χ3n) is 11.1. The number of nitrogens with one attached hydrogen (secondary N) is 5. The molecule has 3 aromatic carbocycles. The van der Waals surface area contributed by atoms with E-state index in [9.17, 15) is 27.6 Å². The van der Waals surface area contributed by atoms with E-state index in [1.165, 1.54) is 6.20 Å². The van der Waals surface area contributed by atoms with E-state index in [2.05, 4.69) is 46.4 Å². The molecule has 4 heterocycles. The number of imide groups is 1. The Hall–Kier alpha value is -5.86. The Labute approximate surface area is 377 Å². The van der Waals surface area contributed by atoms with E-state index in [1.807, 2.05) is 24.3 Å². The maximum absolute atomic E-state index is 13.3. The van der Waals surface area contributed by atoms with E-state index < -0.39 is 32.9 Å². The van der Waals surface area contributed by atoms with E-state index in [1.54, 1.807) is 56.3 Å². The van der Waals surface area contributed by atoms with Crippen LogP contribution in [0.25, 0.3) is 0 Å². The molecule has 0 saturated carbocycles. The summed E-state index contributed by atoms with van der Waals surface area (Å²) in [4.78, 5) is 65.9. The fraction of sp³-hybridized carbons (Fsp3) is 0.409. The van der Waals surface area contributed by atoms with Crippen LogP contribution in [0.15, 0.2) is 77.8 Å². The molecule has 0 spiro atoms. The van der Waals surface area contributed by atoms with Gasteiger partial charge in [-0.2, -0.15) is 4.98 Å². The molecule has 4 aromatic rings. The molecule has 1 unspecified atom stereocenters. The normalized spacial score (nSPS) is 16.8. The molecular weight excluding hydrogens is 864 g/mol.